The molecule has 122 valence electrons. The van der Waals surface area contributed by atoms with Crippen LogP contribution in [0.15, 0.2) is 16.9 Å². The molecule has 6 nitrogen and oxygen atoms in total. The van der Waals surface area contributed by atoms with Crippen LogP contribution in [0.1, 0.15) is 50.2 Å². The van der Waals surface area contributed by atoms with Gasteiger partial charge in [0, 0.05) is 23.9 Å². The molecule has 1 rings (SSSR count). The van der Waals surface area contributed by atoms with Gasteiger partial charge < -0.3 is 15.4 Å². The number of carbonyl (C=O) groups is 2. The van der Waals surface area contributed by atoms with E-state index in [0.717, 1.165) is 5.69 Å². The lowest BCUT2D eigenvalue weighted by Gasteiger charge is -2.18. The second-order valence-corrected chi connectivity index (χ2v) is 6.55. The summed E-state index contributed by atoms with van der Waals surface area (Å²) in [5.74, 6) is -0.903. The van der Waals surface area contributed by atoms with Gasteiger partial charge >= 0.3 is 5.97 Å². The highest BCUT2D eigenvalue weighted by Gasteiger charge is 2.26. The minimum absolute atomic E-state index is 0.241. The van der Waals surface area contributed by atoms with E-state index >= 15 is 0 Å². The van der Waals surface area contributed by atoms with Gasteiger partial charge in [-0.05, 0) is 38.7 Å². The molecule has 1 amide bonds. The fraction of sp³-hybridized carbons (Fsp3) is 0.562. The Kier molecular flexibility index (Phi) is 5.91. The number of H-pyrrole nitrogens is 1. The molecule has 1 aromatic rings. The number of nitrogens with one attached hydrogen (secondary N) is 2. The molecule has 0 spiro atoms. The summed E-state index contributed by atoms with van der Waals surface area (Å²) in [5, 5.41) is 11.7. The third-order valence-electron chi connectivity index (χ3n) is 3.40. The summed E-state index contributed by atoms with van der Waals surface area (Å²) in [6, 6.07) is 2.92. The molecular weight excluding hydrogens is 284 g/mol. The summed E-state index contributed by atoms with van der Waals surface area (Å²) in [7, 11) is 0. The molecule has 0 radical (unpaired) electrons. The average molecular weight is 308 g/mol. The van der Waals surface area contributed by atoms with Crippen LogP contribution in [-0.4, -0.2) is 28.5 Å². The smallest absolute Gasteiger partial charge is 0.309 e. The van der Waals surface area contributed by atoms with Gasteiger partial charge in [-0.3, -0.25) is 14.4 Å². The van der Waals surface area contributed by atoms with Crippen LogP contribution in [0.4, 0.5) is 0 Å². The molecule has 6 heteroatoms. The van der Waals surface area contributed by atoms with Crippen molar-refractivity contribution in [2.45, 2.75) is 40.5 Å². The minimum Gasteiger partial charge on any atom is -0.481 e. The van der Waals surface area contributed by atoms with Gasteiger partial charge in [0.1, 0.15) is 0 Å². The lowest BCUT2D eigenvalue weighted by molar-refractivity contribution is -0.147. The van der Waals surface area contributed by atoms with E-state index in [-0.39, 0.29) is 18.0 Å². The number of hydrogen-bond donors (Lipinski definition) is 3. The number of amides is 1. The highest BCUT2D eigenvalue weighted by Crippen LogP contribution is 2.19. The molecule has 0 unspecified atom stereocenters. The van der Waals surface area contributed by atoms with E-state index in [9.17, 15) is 14.4 Å². The predicted octanol–water partition coefficient (Wildman–Crippen LogP) is 1.80. The van der Waals surface area contributed by atoms with Crippen LogP contribution in [0.3, 0.4) is 0 Å². The van der Waals surface area contributed by atoms with Gasteiger partial charge in [0.25, 0.3) is 5.91 Å². The van der Waals surface area contributed by atoms with Crippen molar-refractivity contribution in [3.05, 3.63) is 33.7 Å². The zero-order valence-corrected chi connectivity index (χ0v) is 13.5. The molecule has 0 aliphatic heterocycles. The third-order valence-corrected chi connectivity index (χ3v) is 3.40. The highest BCUT2D eigenvalue weighted by molar-refractivity contribution is 5.94. The molecule has 22 heavy (non-hydrogen) atoms. The molecule has 0 fully saturated rings. The van der Waals surface area contributed by atoms with E-state index < -0.39 is 11.4 Å². The molecule has 0 aliphatic rings. The first kappa shape index (κ1) is 17.9. The normalized spacial score (nSPS) is 11.5. The Bertz CT molecular complexity index is 602. The number of carbonyl (C=O) groups excluding carboxylic acids is 1. The fourth-order valence-electron chi connectivity index (χ4n) is 1.98. The quantitative estimate of drug-likeness (QED) is 0.715. The lowest BCUT2D eigenvalue weighted by atomic mass is 9.90. The van der Waals surface area contributed by atoms with Gasteiger partial charge in [0.05, 0.1) is 5.41 Å². The summed E-state index contributed by atoms with van der Waals surface area (Å²) in [5.41, 5.74) is -0.190. The van der Waals surface area contributed by atoms with Crippen molar-refractivity contribution >= 4 is 11.9 Å². The maximum atomic E-state index is 12.1. The zero-order chi connectivity index (χ0) is 16.9. The molecule has 0 bridgehead atoms. The molecule has 3 N–H and O–H groups in total. The number of aromatic amines is 1. The molecule has 0 atom stereocenters. The Morgan fingerprint density at radius 3 is 2.50 bits per heavy atom. The van der Waals surface area contributed by atoms with Crippen molar-refractivity contribution < 1.29 is 14.7 Å². The second-order valence-electron chi connectivity index (χ2n) is 6.55. The Morgan fingerprint density at radius 1 is 1.32 bits per heavy atom. The molecule has 0 aromatic carbocycles. The highest BCUT2D eigenvalue weighted by atomic mass is 16.4. The largest absolute Gasteiger partial charge is 0.481 e. The summed E-state index contributed by atoms with van der Waals surface area (Å²) in [6.07, 6.45) is 0.999. The van der Waals surface area contributed by atoms with E-state index in [2.05, 4.69) is 10.3 Å². The summed E-state index contributed by atoms with van der Waals surface area (Å²) in [6.45, 7) is 7.51. The van der Waals surface area contributed by atoms with Gasteiger partial charge in [-0.15, -0.1) is 0 Å². The van der Waals surface area contributed by atoms with Crippen molar-refractivity contribution in [3.63, 3.8) is 0 Å². The third kappa shape index (κ3) is 5.35. The maximum Gasteiger partial charge on any atom is 0.309 e. The van der Waals surface area contributed by atoms with Crippen molar-refractivity contribution in [2.75, 3.05) is 6.54 Å². The standard InChI is InChI=1S/C16H24N2O4/c1-10(2)7-12-8-11(9-13(19)18-12)14(20)17-6-5-16(3,4)15(21)22/h8-10H,5-7H2,1-4H3,(H,17,20)(H,18,19)(H,21,22). The number of pyridine rings is 1. The van der Waals surface area contributed by atoms with Crippen LogP contribution in [0.25, 0.3) is 0 Å². The van der Waals surface area contributed by atoms with Crippen LogP contribution in [0.5, 0.6) is 0 Å². The zero-order valence-electron chi connectivity index (χ0n) is 13.5. The first-order valence-electron chi connectivity index (χ1n) is 7.36. The van der Waals surface area contributed by atoms with Gasteiger partial charge in [-0.1, -0.05) is 13.8 Å². The molecule has 0 saturated heterocycles. The van der Waals surface area contributed by atoms with Crippen LogP contribution < -0.4 is 10.9 Å². The van der Waals surface area contributed by atoms with Crippen LogP contribution in [0.2, 0.25) is 0 Å². The van der Waals surface area contributed by atoms with E-state index in [1.54, 1.807) is 19.9 Å². The van der Waals surface area contributed by atoms with Gasteiger partial charge in [-0.25, -0.2) is 0 Å². The first-order chi connectivity index (χ1) is 10.1. The topological polar surface area (TPSA) is 99.3 Å². The van der Waals surface area contributed by atoms with Gasteiger partial charge in [-0.2, -0.15) is 0 Å². The fourth-order valence-corrected chi connectivity index (χ4v) is 1.98. The van der Waals surface area contributed by atoms with Gasteiger partial charge in [0.15, 0.2) is 0 Å². The van der Waals surface area contributed by atoms with Crippen LogP contribution in [-0.2, 0) is 11.2 Å². The van der Waals surface area contributed by atoms with E-state index in [1.807, 2.05) is 13.8 Å². The first-order valence-corrected chi connectivity index (χ1v) is 7.36. The lowest BCUT2D eigenvalue weighted by Crippen LogP contribution is -2.32. The van der Waals surface area contributed by atoms with Crippen molar-refractivity contribution in [1.29, 1.82) is 0 Å². The Labute approximate surface area is 129 Å². The van der Waals surface area contributed by atoms with Crippen molar-refractivity contribution in [1.82, 2.24) is 10.3 Å². The number of carboxylic acid groups (broad SMARTS) is 1. The van der Waals surface area contributed by atoms with E-state index in [1.165, 1.54) is 6.07 Å². The molecule has 0 saturated carbocycles. The van der Waals surface area contributed by atoms with Crippen molar-refractivity contribution in [2.24, 2.45) is 11.3 Å². The van der Waals surface area contributed by atoms with E-state index in [4.69, 9.17) is 5.11 Å². The maximum absolute atomic E-state index is 12.1. The second kappa shape index (κ2) is 7.24. The summed E-state index contributed by atoms with van der Waals surface area (Å²) >= 11 is 0. The predicted molar refractivity (Wildman–Crippen MR) is 84.0 cm³/mol. The minimum atomic E-state index is -0.905. The number of aromatic nitrogens is 1. The molecule has 1 heterocycles. The molecule has 1 aromatic heterocycles. The SMILES string of the molecule is CC(C)Cc1cc(C(=O)NCCC(C)(C)C(=O)O)cc(=O)[nH]1. The average Bonchev–Trinajstić information content (AvgIpc) is 2.36. The van der Waals surface area contributed by atoms with Crippen molar-refractivity contribution in [3.8, 4) is 0 Å². The van der Waals surface area contributed by atoms with Crippen LogP contribution >= 0.6 is 0 Å². The summed E-state index contributed by atoms with van der Waals surface area (Å²) < 4.78 is 0. The number of aliphatic carboxylic acids is 1. The molecular formula is C16H24N2O4. The van der Waals surface area contributed by atoms with E-state index in [0.29, 0.717) is 24.3 Å². The van der Waals surface area contributed by atoms with Crippen LogP contribution in [0, 0.1) is 11.3 Å². The number of rotatable bonds is 7. The Balaban J connectivity index is 2.72. The Hall–Kier alpha value is -2.11. The number of carboxylic acids is 1. The molecule has 0 aliphatic carbocycles. The van der Waals surface area contributed by atoms with Gasteiger partial charge in [0.2, 0.25) is 5.56 Å². The monoisotopic (exact) mass is 308 g/mol. The number of hydrogen-bond acceptors (Lipinski definition) is 3. The summed E-state index contributed by atoms with van der Waals surface area (Å²) in [4.78, 5) is 37.4. The Morgan fingerprint density at radius 2 is 1.95 bits per heavy atom.